The number of aromatic nitrogens is 3. The lowest BCUT2D eigenvalue weighted by molar-refractivity contribution is 0.0949. The zero-order valence-corrected chi connectivity index (χ0v) is 18.9. The summed E-state index contributed by atoms with van der Waals surface area (Å²) >= 11 is 6.32. The largest absolute Gasteiger partial charge is 0.360 e. The van der Waals surface area contributed by atoms with Gasteiger partial charge in [-0.05, 0) is 31.9 Å². The minimum atomic E-state index is -0.340. The zero-order chi connectivity index (χ0) is 22.9. The number of benzene rings is 2. The summed E-state index contributed by atoms with van der Waals surface area (Å²) in [6.45, 7) is 1.86. The Kier molecular flexibility index (Phi) is 5.72. The van der Waals surface area contributed by atoms with E-state index in [0.717, 1.165) is 31.1 Å². The molecule has 0 bridgehead atoms. The van der Waals surface area contributed by atoms with E-state index in [1.165, 1.54) is 0 Å². The molecule has 2 aromatic heterocycles. The van der Waals surface area contributed by atoms with E-state index in [-0.39, 0.29) is 24.1 Å². The second-order valence-corrected chi connectivity index (χ2v) is 8.71. The van der Waals surface area contributed by atoms with Crippen LogP contribution in [0, 0.1) is 6.92 Å². The normalized spacial score (nSPS) is 14.1. The number of carbonyl (C=O) groups excluding carboxylic acids is 1. The average molecular weight is 463 g/mol. The van der Waals surface area contributed by atoms with Crippen LogP contribution in [0.1, 0.15) is 53.5 Å². The van der Waals surface area contributed by atoms with Crippen LogP contribution < -0.4 is 10.9 Å². The van der Waals surface area contributed by atoms with Gasteiger partial charge in [-0.25, -0.2) is 4.68 Å². The van der Waals surface area contributed by atoms with Crippen molar-refractivity contribution in [3.05, 3.63) is 80.9 Å². The molecule has 2 heterocycles. The summed E-state index contributed by atoms with van der Waals surface area (Å²) in [6.07, 6.45) is 4.07. The van der Waals surface area contributed by atoms with Crippen LogP contribution in [-0.2, 0) is 6.54 Å². The first-order valence-electron chi connectivity index (χ1n) is 11.0. The summed E-state index contributed by atoms with van der Waals surface area (Å²) in [4.78, 5) is 26.2. The second-order valence-electron chi connectivity index (χ2n) is 8.31. The molecule has 8 heteroatoms. The number of aryl methyl sites for hydroxylation is 1. The predicted octanol–water partition coefficient (Wildman–Crippen LogP) is 5.06. The first-order valence-corrected chi connectivity index (χ1v) is 11.4. The molecule has 1 fully saturated rings. The van der Waals surface area contributed by atoms with Crippen molar-refractivity contribution in [1.82, 2.24) is 20.3 Å². The number of rotatable bonds is 5. The van der Waals surface area contributed by atoms with Gasteiger partial charge in [0.2, 0.25) is 0 Å². The molecule has 4 aromatic rings. The quantitative estimate of drug-likeness (QED) is 0.447. The van der Waals surface area contributed by atoms with E-state index in [1.807, 2.05) is 36.4 Å². The smallest absolute Gasteiger partial charge is 0.274 e. The molecule has 2 aromatic carbocycles. The third kappa shape index (κ3) is 3.93. The fraction of sp³-hybridized carbons (Fsp3) is 0.280. The average Bonchev–Trinajstić information content (AvgIpc) is 3.49. The molecule has 1 aliphatic rings. The molecule has 0 aliphatic heterocycles. The van der Waals surface area contributed by atoms with Crippen molar-refractivity contribution in [3.8, 4) is 11.3 Å². The van der Waals surface area contributed by atoms with Crippen LogP contribution in [-0.4, -0.2) is 20.8 Å². The Bertz CT molecular complexity index is 1400. The van der Waals surface area contributed by atoms with Crippen LogP contribution in [0.2, 0.25) is 5.02 Å². The van der Waals surface area contributed by atoms with Gasteiger partial charge in [0, 0.05) is 10.9 Å². The highest BCUT2D eigenvalue weighted by Gasteiger charge is 2.24. The van der Waals surface area contributed by atoms with E-state index in [0.29, 0.717) is 38.7 Å². The van der Waals surface area contributed by atoms with Crippen LogP contribution in [0.15, 0.2) is 57.8 Å². The molecule has 1 aliphatic carbocycles. The molecule has 1 amide bonds. The van der Waals surface area contributed by atoms with E-state index < -0.39 is 0 Å². The monoisotopic (exact) mass is 462 g/mol. The first-order chi connectivity index (χ1) is 16.0. The predicted molar refractivity (Wildman–Crippen MR) is 126 cm³/mol. The van der Waals surface area contributed by atoms with Gasteiger partial charge >= 0.3 is 0 Å². The summed E-state index contributed by atoms with van der Waals surface area (Å²) in [6, 6.07) is 14.7. The highest BCUT2D eigenvalue weighted by Crippen LogP contribution is 2.31. The molecule has 33 heavy (non-hydrogen) atoms. The topological polar surface area (TPSA) is 90.0 Å². The van der Waals surface area contributed by atoms with Crippen LogP contribution in [0.3, 0.4) is 0 Å². The first kappa shape index (κ1) is 21.4. The summed E-state index contributed by atoms with van der Waals surface area (Å²) in [7, 11) is 0. The Morgan fingerprint density at radius 1 is 1.12 bits per heavy atom. The molecular formula is C25H23ClN4O3. The Morgan fingerprint density at radius 2 is 1.82 bits per heavy atom. The van der Waals surface area contributed by atoms with Gasteiger partial charge in [0.1, 0.15) is 17.0 Å². The molecule has 0 radical (unpaired) electrons. The van der Waals surface area contributed by atoms with E-state index in [2.05, 4.69) is 15.6 Å². The molecule has 0 unspecified atom stereocenters. The standard InChI is InChI=1S/C25H23ClN4O3/c1-15-22(23(29-33-15)19-12-6-7-13-20(19)26)24(31)27-14-21-17-10-4-5-11-18(17)25(32)30(28-21)16-8-2-3-9-16/h4-7,10-13,16H,2-3,8-9,14H2,1H3,(H,27,31). The number of nitrogens with zero attached hydrogens (tertiary/aromatic N) is 3. The highest BCUT2D eigenvalue weighted by molar-refractivity contribution is 6.33. The summed E-state index contributed by atoms with van der Waals surface area (Å²) in [5.41, 5.74) is 1.92. The van der Waals surface area contributed by atoms with Crippen LogP contribution in [0.25, 0.3) is 22.0 Å². The Morgan fingerprint density at radius 3 is 2.58 bits per heavy atom. The molecule has 168 valence electrons. The van der Waals surface area contributed by atoms with Gasteiger partial charge in [0.15, 0.2) is 0 Å². The maximum absolute atomic E-state index is 13.2. The van der Waals surface area contributed by atoms with Crippen molar-refractivity contribution in [1.29, 1.82) is 0 Å². The molecule has 7 nitrogen and oxygen atoms in total. The number of carbonyl (C=O) groups is 1. The maximum atomic E-state index is 13.2. The number of amides is 1. The Labute approximate surface area is 195 Å². The minimum absolute atomic E-state index is 0.0801. The molecule has 1 saturated carbocycles. The second kappa shape index (κ2) is 8.83. The number of halogens is 1. The molecule has 0 saturated heterocycles. The molecule has 0 spiro atoms. The number of nitrogens with one attached hydrogen (secondary N) is 1. The van der Waals surface area contributed by atoms with Crippen molar-refractivity contribution < 1.29 is 9.32 Å². The fourth-order valence-corrected chi connectivity index (χ4v) is 4.76. The van der Waals surface area contributed by atoms with Crippen LogP contribution in [0.4, 0.5) is 0 Å². The lowest BCUT2D eigenvalue weighted by atomic mass is 10.1. The number of fused-ring (bicyclic) bond motifs is 1. The van der Waals surface area contributed by atoms with Gasteiger partial charge in [-0.15, -0.1) is 0 Å². The lowest BCUT2D eigenvalue weighted by Gasteiger charge is -2.16. The Hall–Kier alpha value is -3.45. The highest BCUT2D eigenvalue weighted by atomic mass is 35.5. The summed E-state index contributed by atoms with van der Waals surface area (Å²) < 4.78 is 6.93. The SMILES string of the molecule is Cc1onc(-c2ccccc2Cl)c1C(=O)NCc1nn(C2CCCC2)c(=O)c2ccccc12. The fourth-order valence-electron chi connectivity index (χ4n) is 4.53. The van der Waals surface area contributed by atoms with Crippen molar-refractivity contribution in [2.45, 2.75) is 45.2 Å². The van der Waals surface area contributed by atoms with Crippen LogP contribution >= 0.6 is 11.6 Å². The van der Waals surface area contributed by atoms with Crippen molar-refractivity contribution in [3.63, 3.8) is 0 Å². The molecule has 0 atom stereocenters. The van der Waals surface area contributed by atoms with Gasteiger partial charge in [-0.3, -0.25) is 9.59 Å². The van der Waals surface area contributed by atoms with E-state index >= 15 is 0 Å². The summed E-state index contributed by atoms with van der Waals surface area (Å²) in [5.74, 6) is 0.0596. The van der Waals surface area contributed by atoms with Gasteiger partial charge < -0.3 is 9.84 Å². The minimum Gasteiger partial charge on any atom is -0.360 e. The van der Waals surface area contributed by atoms with Gasteiger partial charge in [-0.1, -0.05) is 66.0 Å². The third-order valence-corrected chi connectivity index (χ3v) is 6.54. The van der Waals surface area contributed by atoms with E-state index in [4.69, 9.17) is 16.1 Å². The van der Waals surface area contributed by atoms with E-state index in [1.54, 1.807) is 23.7 Å². The van der Waals surface area contributed by atoms with E-state index in [9.17, 15) is 9.59 Å². The lowest BCUT2D eigenvalue weighted by Crippen LogP contribution is -2.30. The van der Waals surface area contributed by atoms with Crippen LogP contribution in [0.5, 0.6) is 0 Å². The van der Waals surface area contributed by atoms with Crippen molar-refractivity contribution in [2.75, 3.05) is 0 Å². The number of hydrogen-bond acceptors (Lipinski definition) is 5. The van der Waals surface area contributed by atoms with Gasteiger partial charge in [-0.2, -0.15) is 5.10 Å². The third-order valence-electron chi connectivity index (χ3n) is 6.21. The molecule has 5 rings (SSSR count). The van der Waals surface area contributed by atoms with Crippen molar-refractivity contribution in [2.24, 2.45) is 0 Å². The molecular weight excluding hydrogens is 440 g/mol. The maximum Gasteiger partial charge on any atom is 0.274 e. The summed E-state index contributed by atoms with van der Waals surface area (Å²) in [5, 5.41) is 13.5. The van der Waals surface area contributed by atoms with Gasteiger partial charge in [0.05, 0.1) is 28.7 Å². The molecule has 1 N–H and O–H groups in total. The Balaban J connectivity index is 1.48. The number of hydrogen-bond donors (Lipinski definition) is 1. The zero-order valence-electron chi connectivity index (χ0n) is 18.2. The van der Waals surface area contributed by atoms with Crippen molar-refractivity contribution >= 4 is 28.3 Å². The van der Waals surface area contributed by atoms with Gasteiger partial charge in [0.25, 0.3) is 11.5 Å².